The minimum absolute atomic E-state index is 0.0195. The fourth-order valence-corrected chi connectivity index (χ4v) is 3.35. The number of carbonyl (C=O) groups excluding carboxylic acids is 1. The molecule has 2 aromatic rings. The van der Waals surface area contributed by atoms with Crippen LogP contribution in [0.4, 0.5) is 0 Å². The molecule has 0 unspecified atom stereocenters. The zero-order chi connectivity index (χ0) is 19.2. The molecule has 1 aliphatic rings. The molecule has 0 spiro atoms. The van der Waals surface area contributed by atoms with Gasteiger partial charge in [-0.1, -0.05) is 12.1 Å². The van der Waals surface area contributed by atoms with Gasteiger partial charge in [-0.2, -0.15) is 0 Å². The van der Waals surface area contributed by atoms with Gasteiger partial charge in [0.2, 0.25) is 0 Å². The number of hydrogen-bond donors (Lipinski definition) is 0. The maximum atomic E-state index is 12.8. The van der Waals surface area contributed by atoms with E-state index in [1.165, 1.54) is 0 Å². The van der Waals surface area contributed by atoms with Gasteiger partial charge < -0.3 is 19.1 Å². The minimum Gasteiger partial charge on any atom is -0.497 e. The van der Waals surface area contributed by atoms with Crippen LogP contribution in [0.25, 0.3) is 0 Å². The van der Waals surface area contributed by atoms with E-state index in [0.717, 1.165) is 36.7 Å². The van der Waals surface area contributed by atoms with Crippen molar-refractivity contribution in [2.75, 3.05) is 47.5 Å². The first-order chi connectivity index (χ1) is 13.2. The lowest BCUT2D eigenvalue weighted by Crippen LogP contribution is -2.48. The number of methoxy groups -OCH3 is 3. The second-order valence-corrected chi connectivity index (χ2v) is 6.45. The van der Waals surface area contributed by atoms with Crippen LogP contribution in [0.5, 0.6) is 17.2 Å². The summed E-state index contributed by atoms with van der Waals surface area (Å²) in [4.78, 5) is 17.0. The SMILES string of the molecule is COc1ccc(OC)c(CN2CCN(C(=O)c3ccccc3OC)CC2)c1. The van der Waals surface area contributed by atoms with Crippen molar-refractivity contribution >= 4 is 5.91 Å². The quantitative estimate of drug-likeness (QED) is 0.783. The second-order valence-electron chi connectivity index (χ2n) is 6.45. The molecule has 1 saturated heterocycles. The van der Waals surface area contributed by atoms with Gasteiger partial charge in [0, 0.05) is 38.3 Å². The molecule has 1 aliphatic heterocycles. The summed E-state index contributed by atoms with van der Waals surface area (Å²) in [6, 6.07) is 13.2. The highest BCUT2D eigenvalue weighted by Gasteiger charge is 2.24. The Hall–Kier alpha value is -2.73. The van der Waals surface area contributed by atoms with Gasteiger partial charge in [0.15, 0.2) is 0 Å². The maximum Gasteiger partial charge on any atom is 0.257 e. The Morgan fingerprint density at radius 3 is 2.26 bits per heavy atom. The second kappa shape index (κ2) is 8.77. The number of amides is 1. The van der Waals surface area contributed by atoms with Gasteiger partial charge in [0.1, 0.15) is 17.2 Å². The average molecular weight is 370 g/mol. The Labute approximate surface area is 160 Å². The highest BCUT2D eigenvalue weighted by molar-refractivity contribution is 5.97. The van der Waals surface area contributed by atoms with Crippen molar-refractivity contribution in [2.45, 2.75) is 6.54 Å². The van der Waals surface area contributed by atoms with Crippen LogP contribution in [0.1, 0.15) is 15.9 Å². The summed E-state index contributed by atoms with van der Waals surface area (Å²) in [6.07, 6.45) is 0. The Balaban J connectivity index is 1.63. The molecule has 0 N–H and O–H groups in total. The lowest BCUT2D eigenvalue weighted by Gasteiger charge is -2.35. The van der Waals surface area contributed by atoms with Crippen LogP contribution in [0.15, 0.2) is 42.5 Å². The molecule has 3 rings (SSSR count). The number of nitrogens with zero attached hydrogens (tertiary/aromatic N) is 2. The first-order valence-electron chi connectivity index (χ1n) is 9.01. The van der Waals surface area contributed by atoms with E-state index in [1.54, 1.807) is 21.3 Å². The topological polar surface area (TPSA) is 51.2 Å². The number of carbonyl (C=O) groups is 1. The zero-order valence-corrected chi connectivity index (χ0v) is 16.1. The normalized spacial score (nSPS) is 14.7. The van der Waals surface area contributed by atoms with Crippen LogP contribution in [0, 0.1) is 0 Å². The van der Waals surface area contributed by atoms with Crippen LogP contribution in [-0.4, -0.2) is 63.2 Å². The number of benzene rings is 2. The summed E-state index contributed by atoms with van der Waals surface area (Å²) in [5, 5.41) is 0. The van der Waals surface area contributed by atoms with Crippen LogP contribution in [-0.2, 0) is 6.54 Å². The molecule has 0 aliphatic carbocycles. The standard InChI is InChI=1S/C21H26N2O4/c1-25-17-8-9-19(26-2)16(14-17)15-22-10-12-23(13-11-22)21(24)18-6-4-5-7-20(18)27-3/h4-9,14H,10-13,15H2,1-3H3. The molecular weight excluding hydrogens is 344 g/mol. The molecule has 6 nitrogen and oxygen atoms in total. The molecule has 1 amide bonds. The predicted octanol–water partition coefficient (Wildman–Crippen LogP) is 2.67. The van der Waals surface area contributed by atoms with Crippen LogP contribution < -0.4 is 14.2 Å². The summed E-state index contributed by atoms with van der Waals surface area (Å²) in [6.45, 7) is 3.74. The Morgan fingerprint density at radius 1 is 0.889 bits per heavy atom. The van der Waals surface area contributed by atoms with Crippen LogP contribution in [0.3, 0.4) is 0 Å². The Morgan fingerprint density at radius 2 is 1.59 bits per heavy atom. The minimum atomic E-state index is 0.0195. The largest absolute Gasteiger partial charge is 0.497 e. The van der Waals surface area contributed by atoms with E-state index in [2.05, 4.69) is 4.90 Å². The number of ether oxygens (including phenoxy) is 3. The summed E-state index contributed by atoms with van der Waals surface area (Å²) in [7, 11) is 4.93. The van der Waals surface area contributed by atoms with E-state index in [9.17, 15) is 4.79 Å². The molecule has 6 heteroatoms. The van der Waals surface area contributed by atoms with E-state index in [1.807, 2.05) is 47.4 Å². The number of rotatable bonds is 6. The fourth-order valence-electron chi connectivity index (χ4n) is 3.35. The van der Waals surface area contributed by atoms with Crippen LogP contribution in [0.2, 0.25) is 0 Å². The van der Waals surface area contributed by atoms with Crippen LogP contribution >= 0.6 is 0 Å². The highest BCUT2D eigenvalue weighted by Crippen LogP contribution is 2.26. The van der Waals surface area contributed by atoms with E-state index in [0.29, 0.717) is 24.4 Å². The Bertz CT molecular complexity index is 786. The summed E-state index contributed by atoms with van der Waals surface area (Å²) in [5.41, 5.74) is 1.70. The van der Waals surface area contributed by atoms with Crippen molar-refractivity contribution in [3.8, 4) is 17.2 Å². The van der Waals surface area contributed by atoms with E-state index < -0.39 is 0 Å². The van der Waals surface area contributed by atoms with Gasteiger partial charge in [0.05, 0.1) is 26.9 Å². The molecule has 144 valence electrons. The first-order valence-corrected chi connectivity index (χ1v) is 9.01. The number of para-hydroxylation sites is 1. The highest BCUT2D eigenvalue weighted by atomic mass is 16.5. The van der Waals surface area contributed by atoms with E-state index in [4.69, 9.17) is 14.2 Å². The molecular formula is C21H26N2O4. The fraction of sp³-hybridized carbons (Fsp3) is 0.381. The van der Waals surface area contributed by atoms with Crippen molar-refractivity contribution in [3.05, 3.63) is 53.6 Å². The molecule has 27 heavy (non-hydrogen) atoms. The lowest BCUT2D eigenvalue weighted by molar-refractivity contribution is 0.0624. The molecule has 0 aromatic heterocycles. The average Bonchev–Trinajstić information content (AvgIpc) is 2.73. The molecule has 0 atom stereocenters. The van der Waals surface area contributed by atoms with Gasteiger partial charge in [0.25, 0.3) is 5.91 Å². The van der Waals surface area contributed by atoms with Gasteiger partial charge in [-0.3, -0.25) is 9.69 Å². The lowest BCUT2D eigenvalue weighted by atomic mass is 10.1. The third-order valence-corrected chi connectivity index (χ3v) is 4.88. The predicted molar refractivity (Wildman–Crippen MR) is 104 cm³/mol. The monoisotopic (exact) mass is 370 g/mol. The molecule has 2 aromatic carbocycles. The van der Waals surface area contributed by atoms with Gasteiger partial charge in [-0.25, -0.2) is 0 Å². The van der Waals surface area contributed by atoms with E-state index >= 15 is 0 Å². The molecule has 1 heterocycles. The van der Waals surface area contributed by atoms with Crippen molar-refractivity contribution in [1.29, 1.82) is 0 Å². The summed E-state index contributed by atoms with van der Waals surface area (Å²) >= 11 is 0. The van der Waals surface area contributed by atoms with Gasteiger partial charge in [-0.15, -0.1) is 0 Å². The zero-order valence-electron chi connectivity index (χ0n) is 16.1. The third-order valence-electron chi connectivity index (χ3n) is 4.88. The molecule has 0 saturated carbocycles. The van der Waals surface area contributed by atoms with Crippen molar-refractivity contribution < 1.29 is 19.0 Å². The first kappa shape index (κ1) is 19.0. The van der Waals surface area contributed by atoms with Crippen molar-refractivity contribution in [1.82, 2.24) is 9.80 Å². The Kier molecular flexibility index (Phi) is 6.19. The molecule has 0 bridgehead atoms. The van der Waals surface area contributed by atoms with Crippen molar-refractivity contribution in [3.63, 3.8) is 0 Å². The maximum absolute atomic E-state index is 12.8. The number of hydrogen-bond acceptors (Lipinski definition) is 5. The molecule has 1 fully saturated rings. The van der Waals surface area contributed by atoms with Gasteiger partial charge in [-0.05, 0) is 30.3 Å². The summed E-state index contributed by atoms with van der Waals surface area (Å²) in [5.74, 6) is 2.30. The molecule has 0 radical (unpaired) electrons. The smallest absolute Gasteiger partial charge is 0.257 e. The van der Waals surface area contributed by atoms with Crippen molar-refractivity contribution in [2.24, 2.45) is 0 Å². The van der Waals surface area contributed by atoms with E-state index in [-0.39, 0.29) is 5.91 Å². The van der Waals surface area contributed by atoms with Gasteiger partial charge >= 0.3 is 0 Å². The third kappa shape index (κ3) is 4.34. The number of piperazine rings is 1. The summed E-state index contributed by atoms with van der Waals surface area (Å²) < 4.78 is 16.1.